The second-order valence-corrected chi connectivity index (χ2v) is 8.24. The van der Waals surface area contributed by atoms with Crippen LogP contribution in [-0.2, 0) is 16.0 Å². The smallest absolute Gasteiger partial charge is 0.264 e. The number of methoxy groups -OCH3 is 1. The van der Waals surface area contributed by atoms with Crippen molar-refractivity contribution in [3.63, 3.8) is 0 Å². The summed E-state index contributed by atoms with van der Waals surface area (Å²) in [6, 6.07) is 14.6. The van der Waals surface area contributed by atoms with Crippen molar-refractivity contribution < 1.29 is 14.3 Å². The van der Waals surface area contributed by atoms with E-state index in [1.807, 2.05) is 31.2 Å². The van der Waals surface area contributed by atoms with Gasteiger partial charge in [0.15, 0.2) is 0 Å². The fourth-order valence-electron chi connectivity index (χ4n) is 3.07. The van der Waals surface area contributed by atoms with E-state index in [1.165, 1.54) is 30.8 Å². The van der Waals surface area contributed by atoms with E-state index in [0.29, 0.717) is 27.9 Å². The molecule has 1 aliphatic heterocycles. The molecule has 1 aliphatic rings. The summed E-state index contributed by atoms with van der Waals surface area (Å²) in [4.78, 5) is 27.1. The van der Waals surface area contributed by atoms with Gasteiger partial charge >= 0.3 is 0 Å². The molecule has 1 heterocycles. The number of amides is 2. The maximum absolute atomic E-state index is 13.4. The number of thioether (sulfide) groups is 1. The SMILES string of the molecule is CNC(=O)/C(C#N)=C1\SC(Cc2ccc(C)c(Cl)c2)C(=O)N1c1cccc(OC)c1. The predicted octanol–water partition coefficient (Wildman–Crippen LogP) is 3.83. The Morgan fingerprint density at radius 1 is 1.33 bits per heavy atom. The van der Waals surface area contributed by atoms with E-state index >= 15 is 0 Å². The molecule has 3 rings (SSSR count). The molecule has 30 heavy (non-hydrogen) atoms. The summed E-state index contributed by atoms with van der Waals surface area (Å²) >= 11 is 7.44. The second-order valence-electron chi connectivity index (χ2n) is 6.64. The van der Waals surface area contributed by atoms with Crippen molar-refractivity contribution in [2.75, 3.05) is 19.1 Å². The van der Waals surface area contributed by atoms with Gasteiger partial charge in [-0.05, 0) is 42.7 Å². The normalized spacial score (nSPS) is 17.5. The van der Waals surface area contributed by atoms with Crippen molar-refractivity contribution in [3.8, 4) is 11.8 Å². The second kappa shape index (κ2) is 9.24. The van der Waals surface area contributed by atoms with E-state index in [0.717, 1.165) is 11.1 Å². The van der Waals surface area contributed by atoms with Gasteiger partial charge in [0.2, 0.25) is 5.91 Å². The molecule has 8 heteroatoms. The highest BCUT2D eigenvalue weighted by molar-refractivity contribution is 8.05. The number of likely N-dealkylation sites (N-methyl/N-ethyl adjacent to an activating group) is 1. The predicted molar refractivity (Wildman–Crippen MR) is 118 cm³/mol. The van der Waals surface area contributed by atoms with Crippen LogP contribution < -0.4 is 15.0 Å². The van der Waals surface area contributed by atoms with Crippen LogP contribution >= 0.6 is 23.4 Å². The summed E-state index contributed by atoms with van der Waals surface area (Å²) in [7, 11) is 2.98. The molecule has 1 unspecified atom stereocenters. The monoisotopic (exact) mass is 441 g/mol. The van der Waals surface area contributed by atoms with Crippen LogP contribution in [0.2, 0.25) is 5.02 Å². The van der Waals surface area contributed by atoms with E-state index in [2.05, 4.69) is 5.32 Å². The number of nitrogens with zero attached hydrogens (tertiary/aromatic N) is 2. The Morgan fingerprint density at radius 3 is 2.73 bits per heavy atom. The van der Waals surface area contributed by atoms with Crippen LogP contribution in [0.3, 0.4) is 0 Å². The Morgan fingerprint density at radius 2 is 2.10 bits per heavy atom. The largest absolute Gasteiger partial charge is 0.497 e. The summed E-state index contributed by atoms with van der Waals surface area (Å²) in [5.41, 5.74) is 2.28. The molecular formula is C22H20ClN3O3S. The van der Waals surface area contributed by atoms with Gasteiger partial charge in [0.1, 0.15) is 22.4 Å². The van der Waals surface area contributed by atoms with Crippen LogP contribution in [0.5, 0.6) is 5.75 Å². The molecule has 1 N–H and O–H groups in total. The van der Waals surface area contributed by atoms with Crippen LogP contribution in [0.15, 0.2) is 53.1 Å². The van der Waals surface area contributed by atoms with Gasteiger partial charge in [0.25, 0.3) is 5.91 Å². The van der Waals surface area contributed by atoms with Gasteiger partial charge in [-0.15, -0.1) is 0 Å². The number of carbonyl (C=O) groups is 2. The van der Waals surface area contributed by atoms with E-state index in [9.17, 15) is 14.9 Å². The number of carbonyl (C=O) groups excluding carboxylic acids is 2. The van der Waals surface area contributed by atoms with Gasteiger partial charge in [0, 0.05) is 18.1 Å². The number of aryl methyl sites for hydroxylation is 1. The van der Waals surface area contributed by atoms with Crippen molar-refractivity contribution >= 4 is 40.9 Å². The summed E-state index contributed by atoms with van der Waals surface area (Å²) in [5.74, 6) is -0.187. The molecule has 0 saturated carbocycles. The van der Waals surface area contributed by atoms with Gasteiger partial charge in [-0.25, -0.2) is 0 Å². The topological polar surface area (TPSA) is 82.4 Å². The first kappa shape index (κ1) is 21.8. The standard InChI is InChI=1S/C22H20ClN3O3S/c1-13-7-8-14(9-18(13)23)10-19-21(28)26(15-5-4-6-16(11-15)29-3)22(30-19)17(12-24)20(27)25-2/h4-9,11,19H,10H2,1-3H3,(H,25,27)/b22-17-. The van der Waals surface area contributed by atoms with E-state index in [4.69, 9.17) is 16.3 Å². The lowest BCUT2D eigenvalue weighted by atomic mass is 10.1. The van der Waals surface area contributed by atoms with Crippen LogP contribution in [0, 0.1) is 18.3 Å². The Kier molecular flexibility index (Phi) is 6.70. The number of nitriles is 1. The Bertz CT molecular complexity index is 1080. The Hall–Kier alpha value is -2.95. The van der Waals surface area contributed by atoms with E-state index in [1.54, 1.807) is 24.3 Å². The number of ether oxygens (including phenoxy) is 1. The first-order chi connectivity index (χ1) is 14.4. The lowest BCUT2D eigenvalue weighted by Crippen LogP contribution is -2.31. The maximum Gasteiger partial charge on any atom is 0.264 e. The minimum absolute atomic E-state index is 0.108. The molecule has 0 bridgehead atoms. The third kappa shape index (κ3) is 4.30. The number of halogens is 1. The van der Waals surface area contributed by atoms with Crippen LogP contribution in [0.1, 0.15) is 11.1 Å². The molecule has 1 atom stereocenters. The molecule has 0 aliphatic carbocycles. The van der Waals surface area contributed by atoms with Gasteiger partial charge in [-0.1, -0.05) is 41.6 Å². The van der Waals surface area contributed by atoms with Gasteiger partial charge in [0.05, 0.1) is 18.0 Å². The van der Waals surface area contributed by atoms with Crippen molar-refractivity contribution in [2.24, 2.45) is 0 Å². The molecule has 0 spiro atoms. The highest BCUT2D eigenvalue weighted by atomic mass is 35.5. The maximum atomic E-state index is 13.4. The zero-order valence-electron chi connectivity index (χ0n) is 16.7. The Labute approximate surface area is 184 Å². The Balaban J connectivity index is 2.05. The fraction of sp³-hybridized carbons (Fsp3) is 0.227. The van der Waals surface area contributed by atoms with Crippen molar-refractivity contribution in [1.82, 2.24) is 5.32 Å². The zero-order chi connectivity index (χ0) is 21.8. The molecule has 2 amide bonds. The molecule has 2 aromatic carbocycles. The van der Waals surface area contributed by atoms with Crippen molar-refractivity contribution in [3.05, 3.63) is 69.2 Å². The average Bonchev–Trinajstić information content (AvgIpc) is 3.06. The number of anilines is 1. The molecule has 154 valence electrons. The molecule has 6 nitrogen and oxygen atoms in total. The van der Waals surface area contributed by atoms with Gasteiger partial charge < -0.3 is 10.1 Å². The molecule has 2 aromatic rings. The minimum Gasteiger partial charge on any atom is -0.497 e. The van der Waals surface area contributed by atoms with E-state index in [-0.39, 0.29) is 11.5 Å². The van der Waals surface area contributed by atoms with Crippen molar-refractivity contribution in [1.29, 1.82) is 5.26 Å². The number of hydrogen-bond acceptors (Lipinski definition) is 5. The minimum atomic E-state index is -0.542. The number of rotatable bonds is 5. The summed E-state index contributed by atoms with van der Waals surface area (Å²) in [6.45, 7) is 1.91. The lowest BCUT2D eigenvalue weighted by molar-refractivity contribution is -0.117. The first-order valence-electron chi connectivity index (χ1n) is 9.15. The molecule has 1 saturated heterocycles. The highest BCUT2D eigenvalue weighted by Crippen LogP contribution is 2.42. The quantitative estimate of drug-likeness (QED) is 0.563. The fourth-order valence-corrected chi connectivity index (χ4v) is 4.59. The van der Waals surface area contributed by atoms with E-state index < -0.39 is 11.2 Å². The summed E-state index contributed by atoms with van der Waals surface area (Å²) in [6.07, 6.45) is 0.417. The lowest BCUT2D eigenvalue weighted by Gasteiger charge is -2.19. The van der Waals surface area contributed by atoms with Crippen LogP contribution in [0.4, 0.5) is 5.69 Å². The molecular weight excluding hydrogens is 422 g/mol. The van der Waals surface area contributed by atoms with Gasteiger partial charge in [-0.3, -0.25) is 14.5 Å². The number of benzene rings is 2. The highest BCUT2D eigenvalue weighted by Gasteiger charge is 2.40. The molecule has 1 fully saturated rings. The van der Waals surface area contributed by atoms with Crippen LogP contribution in [0.25, 0.3) is 0 Å². The third-order valence-electron chi connectivity index (χ3n) is 4.70. The average molecular weight is 442 g/mol. The molecule has 0 aromatic heterocycles. The number of hydrogen-bond donors (Lipinski definition) is 1. The zero-order valence-corrected chi connectivity index (χ0v) is 18.3. The molecule has 0 radical (unpaired) electrons. The van der Waals surface area contributed by atoms with Crippen LogP contribution in [-0.4, -0.2) is 31.2 Å². The first-order valence-corrected chi connectivity index (χ1v) is 10.4. The number of nitrogens with one attached hydrogen (secondary N) is 1. The third-order valence-corrected chi connectivity index (χ3v) is 6.37. The summed E-state index contributed by atoms with van der Waals surface area (Å²) in [5, 5.41) is 12.5. The van der Waals surface area contributed by atoms with Crippen molar-refractivity contribution in [2.45, 2.75) is 18.6 Å². The summed E-state index contributed by atoms with van der Waals surface area (Å²) < 4.78 is 5.27. The van der Waals surface area contributed by atoms with Gasteiger partial charge in [-0.2, -0.15) is 5.26 Å².